The number of carbonyl (C=O) groups is 1. The molecule has 3 aliphatic heterocycles. The monoisotopic (exact) mass is 497 g/mol. The van der Waals surface area contributed by atoms with Gasteiger partial charge in [0.2, 0.25) is 5.60 Å². The predicted octanol–water partition coefficient (Wildman–Crippen LogP) is 5.40. The van der Waals surface area contributed by atoms with E-state index in [-0.39, 0.29) is 6.23 Å². The van der Waals surface area contributed by atoms with Crippen molar-refractivity contribution in [1.82, 2.24) is 4.90 Å². The summed E-state index contributed by atoms with van der Waals surface area (Å²) < 4.78 is 6.92. The van der Waals surface area contributed by atoms with E-state index in [9.17, 15) is 9.90 Å². The van der Waals surface area contributed by atoms with Crippen LogP contribution >= 0.6 is 27.3 Å². The lowest BCUT2D eigenvalue weighted by Gasteiger charge is -2.45. The zero-order valence-electron chi connectivity index (χ0n) is 17.0. The Hall–Kier alpha value is -1.99. The highest BCUT2D eigenvalue weighted by Crippen LogP contribution is 2.41. The Morgan fingerprint density at radius 3 is 2.52 bits per heavy atom. The zero-order chi connectivity index (χ0) is 21.4. The number of hydrogen-bond acceptors (Lipinski definition) is 5. The first-order chi connectivity index (χ1) is 15.1. The normalized spacial score (nSPS) is 24.5. The molecule has 31 heavy (non-hydrogen) atoms. The van der Waals surface area contributed by atoms with Crippen molar-refractivity contribution < 1.29 is 14.6 Å². The van der Waals surface area contributed by atoms with Crippen molar-refractivity contribution in [3.05, 3.63) is 81.6 Å². The molecule has 2 atom stereocenters. The molecule has 2 unspecified atom stereocenters. The van der Waals surface area contributed by atoms with Crippen molar-refractivity contribution in [2.45, 2.75) is 31.1 Å². The van der Waals surface area contributed by atoms with Gasteiger partial charge in [-0.2, -0.15) is 0 Å². The molecule has 4 heterocycles. The van der Waals surface area contributed by atoms with Crippen LogP contribution in [0.25, 0.3) is 10.4 Å². The van der Waals surface area contributed by atoms with Crippen molar-refractivity contribution >= 4 is 33.2 Å². The van der Waals surface area contributed by atoms with Crippen molar-refractivity contribution in [2.75, 3.05) is 13.1 Å². The average molecular weight is 498 g/mol. The highest BCUT2D eigenvalue weighted by molar-refractivity contribution is 9.10. The fourth-order valence-electron chi connectivity index (χ4n) is 4.77. The van der Waals surface area contributed by atoms with Gasteiger partial charge in [0.15, 0.2) is 6.23 Å². The van der Waals surface area contributed by atoms with Gasteiger partial charge in [-0.05, 0) is 53.5 Å². The van der Waals surface area contributed by atoms with Crippen LogP contribution in [-0.2, 0) is 15.1 Å². The molecule has 0 amide bonds. The summed E-state index contributed by atoms with van der Waals surface area (Å²) in [5.41, 5.74) is -0.0430. The molecule has 2 bridgehead atoms. The van der Waals surface area contributed by atoms with Crippen molar-refractivity contribution in [3.8, 4) is 10.4 Å². The molecular formula is C25H24BrNO3S. The van der Waals surface area contributed by atoms with Gasteiger partial charge in [0.25, 0.3) is 0 Å². The molecule has 0 spiro atoms. The zero-order valence-corrected chi connectivity index (χ0v) is 19.4. The number of ether oxygens (including phenoxy) is 1. The number of rotatable bonds is 5. The third-order valence-electron chi connectivity index (χ3n) is 6.48. The van der Waals surface area contributed by atoms with E-state index >= 15 is 0 Å². The Labute approximate surface area is 194 Å². The molecule has 4 nitrogen and oxygen atoms in total. The quantitative estimate of drug-likeness (QED) is 0.479. The molecule has 3 fully saturated rings. The van der Waals surface area contributed by atoms with E-state index < -0.39 is 11.6 Å². The number of hydrogen-bond donors (Lipinski definition) is 1. The lowest BCUT2D eigenvalue weighted by atomic mass is 9.83. The number of benzene rings is 2. The van der Waals surface area contributed by atoms with Crippen LogP contribution in [0.1, 0.15) is 30.4 Å². The maximum Gasteiger partial charge on any atom is 0.349 e. The van der Waals surface area contributed by atoms with E-state index in [1.165, 1.54) is 0 Å². The smallest absolute Gasteiger partial charge is 0.349 e. The number of nitrogens with zero attached hydrogens (tertiary/aromatic N) is 1. The summed E-state index contributed by atoms with van der Waals surface area (Å²) in [6, 6.07) is 18.7. The van der Waals surface area contributed by atoms with Crippen LogP contribution in [0.5, 0.6) is 0 Å². The fourth-order valence-corrected chi connectivity index (χ4v) is 5.89. The molecule has 3 aliphatic rings. The third-order valence-corrected chi connectivity index (χ3v) is 7.88. The van der Waals surface area contributed by atoms with Crippen molar-refractivity contribution in [3.63, 3.8) is 0 Å². The Balaban J connectivity index is 1.59. The molecule has 160 valence electrons. The van der Waals surface area contributed by atoms with Gasteiger partial charge in [0, 0.05) is 34.4 Å². The first kappa shape index (κ1) is 20.9. The standard InChI is InChI=1S/C25H24BrNO3S/c26-19-8-9-21(20(16-19)22-7-4-14-31-22)25(29,18-5-2-1-3-6-18)24(28)30-23-15-17-10-12-27(23)13-11-17/h1-9,14,16-17,23,29H,10-13,15H2. The fraction of sp³-hybridized carbons (Fsp3) is 0.320. The third kappa shape index (κ3) is 3.87. The van der Waals surface area contributed by atoms with E-state index in [1.807, 2.05) is 53.9 Å². The van der Waals surface area contributed by atoms with Gasteiger partial charge in [-0.1, -0.05) is 58.4 Å². The summed E-state index contributed by atoms with van der Waals surface area (Å²) in [7, 11) is 0. The minimum absolute atomic E-state index is 0.268. The minimum Gasteiger partial charge on any atom is -0.444 e. The number of esters is 1. The van der Waals surface area contributed by atoms with Crippen LogP contribution in [0.2, 0.25) is 0 Å². The Morgan fingerprint density at radius 2 is 1.87 bits per heavy atom. The van der Waals surface area contributed by atoms with Gasteiger partial charge in [0.05, 0.1) is 0 Å². The Bertz CT molecular complexity index is 1060. The molecule has 6 rings (SSSR count). The van der Waals surface area contributed by atoms with Crippen LogP contribution in [-0.4, -0.2) is 35.3 Å². The number of halogens is 1. The number of piperidine rings is 3. The molecule has 2 aromatic carbocycles. The van der Waals surface area contributed by atoms with Crippen LogP contribution in [0, 0.1) is 5.92 Å². The topological polar surface area (TPSA) is 49.8 Å². The number of aliphatic hydroxyl groups is 1. The van der Waals surface area contributed by atoms with E-state index in [2.05, 4.69) is 20.8 Å². The van der Waals surface area contributed by atoms with Gasteiger partial charge in [-0.3, -0.25) is 4.90 Å². The van der Waals surface area contributed by atoms with Crippen molar-refractivity contribution in [2.24, 2.45) is 5.92 Å². The Kier molecular flexibility index (Phi) is 5.73. The summed E-state index contributed by atoms with van der Waals surface area (Å²) >= 11 is 5.12. The highest BCUT2D eigenvalue weighted by atomic mass is 79.9. The molecule has 0 radical (unpaired) electrons. The van der Waals surface area contributed by atoms with Crippen LogP contribution in [0.4, 0.5) is 0 Å². The van der Waals surface area contributed by atoms with Crippen LogP contribution in [0.3, 0.4) is 0 Å². The summed E-state index contributed by atoms with van der Waals surface area (Å²) in [4.78, 5) is 16.9. The molecule has 3 aromatic rings. The largest absolute Gasteiger partial charge is 0.444 e. The molecule has 0 saturated carbocycles. The molecule has 1 aromatic heterocycles. The molecule has 1 N–H and O–H groups in total. The molecule has 0 aliphatic carbocycles. The van der Waals surface area contributed by atoms with Gasteiger partial charge < -0.3 is 9.84 Å². The Morgan fingerprint density at radius 1 is 1.10 bits per heavy atom. The molecule has 3 saturated heterocycles. The summed E-state index contributed by atoms with van der Waals surface area (Å²) in [6.45, 7) is 1.90. The highest BCUT2D eigenvalue weighted by Gasteiger charge is 2.46. The van der Waals surface area contributed by atoms with Crippen LogP contribution < -0.4 is 0 Å². The van der Waals surface area contributed by atoms with E-state index in [0.717, 1.165) is 47.3 Å². The maximum absolute atomic E-state index is 13.7. The second-order valence-electron chi connectivity index (χ2n) is 8.32. The second-order valence-corrected chi connectivity index (χ2v) is 10.2. The average Bonchev–Trinajstić information content (AvgIpc) is 3.35. The number of fused-ring (bicyclic) bond motifs is 3. The van der Waals surface area contributed by atoms with Gasteiger partial charge in [-0.25, -0.2) is 4.79 Å². The lowest BCUT2D eigenvalue weighted by molar-refractivity contribution is -0.187. The van der Waals surface area contributed by atoms with Gasteiger partial charge in [0.1, 0.15) is 0 Å². The van der Waals surface area contributed by atoms with E-state index in [0.29, 0.717) is 17.0 Å². The first-order valence-corrected chi connectivity index (χ1v) is 12.3. The van der Waals surface area contributed by atoms with Crippen LogP contribution in [0.15, 0.2) is 70.5 Å². The summed E-state index contributed by atoms with van der Waals surface area (Å²) in [6.07, 6.45) is 2.89. The number of thiophene rings is 1. The maximum atomic E-state index is 13.7. The second kappa shape index (κ2) is 8.51. The first-order valence-electron chi connectivity index (χ1n) is 10.6. The van der Waals surface area contributed by atoms with Gasteiger partial charge >= 0.3 is 5.97 Å². The molecule has 6 heteroatoms. The SMILES string of the molecule is O=C(OC1CC2CCN1CC2)C(O)(c1ccccc1)c1ccc(Br)cc1-c1cccs1. The summed E-state index contributed by atoms with van der Waals surface area (Å²) in [5.74, 6) is -0.0154. The van der Waals surface area contributed by atoms with E-state index in [4.69, 9.17) is 4.74 Å². The van der Waals surface area contributed by atoms with E-state index in [1.54, 1.807) is 23.5 Å². The minimum atomic E-state index is -1.90. The lowest BCUT2D eigenvalue weighted by Crippen LogP contribution is -2.52. The number of carbonyl (C=O) groups excluding carboxylic acids is 1. The predicted molar refractivity (Wildman–Crippen MR) is 126 cm³/mol. The summed E-state index contributed by atoms with van der Waals surface area (Å²) in [5, 5.41) is 14.1. The van der Waals surface area contributed by atoms with Crippen molar-refractivity contribution in [1.29, 1.82) is 0 Å². The molecular weight excluding hydrogens is 474 g/mol. The van der Waals surface area contributed by atoms with Gasteiger partial charge in [-0.15, -0.1) is 11.3 Å².